The van der Waals surface area contributed by atoms with Crippen LogP contribution in [0.2, 0.25) is 0 Å². The lowest BCUT2D eigenvalue weighted by Crippen LogP contribution is -2.30. The molecule has 1 atom stereocenters. The zero-order valence-electron chi connectivity index (χ0n) is 11.1. The van der Waals surface area contributed by atoms with Crippen molar-refractivity contribution in [2.45, 2.75) is 23.8 Å². The van der Waals surface area contributed by atoms with Crippen molar-refractivity contribution in [2.75, 3.05) is 26.7 Å². The first kappa shape index (κ1) is 14.5. The van der Waals surface area contributed by atoms with E-state index in [0.29, 0.717) is 24.5 Å². The monoisotopic (exact) mass is 284 g/mol. The third-order valence-corrected chi connectivity index (χ3v) is 5.31. The molecule has 1 aliphatic heterocycles. The molecule has 19 heavy (non-hydrogen) atoms. The number of rotatable bonds is 5. The SMILES string of the molecule is COC1CCN(S(=O)(=O)c2ccc(CCN)cc2)C1. The van der Waals surface area contributed by atoms with Crippen molar-refractivity contribution < 1.29 is 13.2 Å². The number of sulfonamides is 1. The van der Waals surface area contributed by atoms with E-state index in [2.05, 4.69) is 0 Å². The summed E-state index contributed by atoms with van der Waals surface area (Å²) in [5.41, 5.74) is 6.53. The van der Waals surface area contributed by atoms with E-state index in [-0.39, 0.29) is 6.10 Å². The summed E-state index contributed by atoms with van der Waals surface area (Å²) in [6.07, 6.45) is 1.52. The molecule has 0 aliphatic carbocycles. The molecule has 106 valence electrons. The molecule has 0 spiro atoms. The van der Waals surface area contributed by atoms with Gasteiger partial charge in [0.2, 0.25) is 10.0 Å². The Hall–Kier alpha value is -0.950. The van der Waals surface area contributed by atoms with Crippen LogP contribution >= 0.6 is 0 Å². The molecule has 2 rings (SSSR count). The Balaban J connectivity index is 2.15. The van der Waals surface area contributed by atoms with Crippen LogP contribution in [0.5, 0.6) is 0 Å². The summed E-state index contributed by atoms with van der Waals surface area (Å²) in [4.78, 5) is 0.338. The predicted octanol–water partition coefficient (Wildman–Crippen LogP) is 0.597. The van der Waals surface area contributed by atoms with Crippen LogP contribution in [-0.2, 0) is 21.2 Å². The van der Waals surface area contributed by atoms with Crippen LogP contribution in [0.4, 0.5) is 0 Å². The molecule has 1 aromatic rings. The fraction of sp³-hybridized carbons (Fsp3) is 0.538. The molecule has 0 saturated carbocycles. The lowest BCUT2D eigenvalue weighted by molar-refractivity contribution is 0.115. The third-order valence-electron chi connectivity index (χ3n) is 3.44. The van der Waals surface area contributed by atoms with Gasteiger partial charge in [0.1, 0.15) is 0 Å². The first-order valence-corrected chi connectivity index (χ1v) is 7.84. The molecule has 0 aromatic heterocycles. The second-order valence-corrected chi connectivity index (χ2v) is 6.63. The number of nitrogens with zero attached hydrogens (tertiary/aromatic N) is 1. The van der Waals surface area contributed by atoms with E-state index in [0.717, 1.165) is 18.4 Å². The van der Waals surface area contributed by atoms with Crippen molar-refractivity contribution in [3.63, 3.8) is 0 Å². The van der Waals surface area contributed by atoms with Gasteiger partial charge >= 0.3 is 0 Å². The van der Waals surface area contributed by atoms with Crippen molar-refractivity contribution in [2.24, 2.45) is 5.73 Å². The van der Waals surface area contributed by atoms with Gasteiger partial charge < -0.3 is 10.5 Å². The fourth-order valence-corrected chi connectivity index (χ4v) is 3.74. The Kier molecular flexibility index (Phi) is 4.57. The maximum atomic E-state index is 12.4. The van der Waals surface area contributed by atoms with E-state index in [1.54, 1.807) is 19.2 Å². The first-order valence-electron chi connectivity index (χ1n) is 6.40. The van der Waals surface area contributed by atoms with Gasteiger partial charge in [-0.05, 0) is 37.1 Å². The second-order valence-electron chi connectivity index (χ2n) is 4.69. The number of hydrogen-bond donors (Lipinski definition) is 1. The zero-order valence-corrected chi connectivity index (χ0v) is 11.9. The minimum absolute atomic E-state index is 0.00582. The van der Waals surface area contributed by atoms with Gasteiger partial charge in [-0.25, -0.2) is 8.42 Å². The lowest BCUT2D eigenvalue weighted by Gasteiger charge is -2.16. The standard InChI is InChI=1S/C13H20N2O3S/c1-18-12-7-9-15(10-12)19(16,17)13-4-2-11(3-5-13)6-8-14/h2-5,12H,6-10,14H2,1H3. The van der Waals surface area contributed by atoms with E-state index in [4.69, 9.17) is 10.5 Å². The molecule has 0 amide bonds. The van der Waals surface area contributed by atoms with Gasteiger partial charge in [0.05, 0.1) is 11.0 Å². The average Bonchev–Trinajstić information content (AvgIpc) is 2.89. The van der Waals surface area contributed by atoms with Crippen molar-refractivity contribution >= 4 is 10.0 Å². The van der Waals surface area contributed by atoms with Crippen LogP contribution in [0.1, 0.15) is 12.0 Å². The Bertz CT molecular complexity index is 513. The molecular formula is C13H20N2O3S. The Morgan fingerprint density at radius 3 is 2.58 bits per heavy atom. The van der Waals surface area contributed by atoms with Crippen molar-refractivity contribution in [1.29, 1.82) is 0 Å². The smallest absolute Gasteiger partial charge is 0.243 e. The zero-order chi connectivity index (χ0) is 13.9. The number of nitrogens with two attached hydrogens (primary N) is 1. The summed E-state index contributed by atoms with van der Waals surface area (Å²) in [7, 11) is -1.78. The van der Waals surface area contributed by atoms with Crippen molar-refractivity contribution in [3.05, 3.63) is 29.8 Å². The van der Waals surface area contributed by atoms with E-state index < -0.39 is 10.0 Å². The largest absolute Gasteiger partial charge is 0.380 e. The molecule has 1 unspecified atom stereocenters. The second kappa shape index (κ2) is 6.00. The molecule has 1 heterocycles. The Labute approximate surface area is 114 Å². The van der Waals surface area contributed by atoms with Crippen LogP contribution in [0, 0.1) is 0 Å². The topological polar surface area (TPSA) is 72.6 Å². The van der Waals surface area contributed by atoms with Gasteiger partial charge in [0.25, 0.3) is 0 Å². The van der Waals surface area contributed by atoms with Crippen LogP contribution in [-0.4, -0.2) is 45.6 Å². The van der Waals surface area contributed by atoms with Crippen LogP contribution in [0.25, 0.3) is 0 Å². The first-order chi connectivity index (χ1) is 9.07. The van der Waals surface area contributed by atoms with Crippen LogP contribution < -0.4 is 5.73 Å². The Morgan fingerprint density at radius 1 is 1.37 bits per heavy atom. The summed E-state index contributed by atoms with van der Waals surface area (Å²) < 4.78 is 31.5. The lowest BCUT2D eigenvalue weighted by atomic mass is 10.2. The quantitative estimate of drug-likeness (QED) is 0.859. The van der Waals surface area contributed by atoms with E-state index in [1.165, 1.54) is 4.31 Å². The highest BCUT2D eigenvalue weighted by atomic mass is 32.2. The van der Waals surface area contributed by atoms with Gasteiger partial charge in [-0.2, -0.15) is 4.31 Å². The number of benzene rings is 1. The van der Waals surface area contributed by atoms with Gasteiger partial charge in [-0.1, -0.05) is 12.1 Å². The molecule has 2 N–H and O–H groups in total. The highest BCUT2D eigenvalue weighted by molar-refractivity contribution is 7.89. The minimum Gasteiger partial charge on any atom is -0.380 e. The molecule has 6 heteroatoms. The Morgan fingerprint density at radius 2 is 2.05 bits per heavy atom. The summed E-state index contributed by atoms with van der Waals surface area (Å²) in [5.74, 6) is 0. The van der Waals surface area contributed by atoms with Crippen molar-refractivity contribution in [3.8, 4) is 0 Å². The number of ether oxygens (including phenoxy) is 1. The van der Waals surface area contributed by atoms with Gasteiger partial charge in [0, 0.05) is 20.2 Å². The minimum atomic E-state index is -3.39. The predicted molar refractivity (Wildman–Crippen MR) is 73.4 cm³/mol. The maximum Gasteiger partial charge on any atom is 0.243 e. The number of methoxy groups -OCH3 is 1. The molecule has 0 radical (unpaired) electrons. The molecule has 0 bridgehead atoms. The highest BCUT2D eigenvalue weighted by Crippen LogP contribution is 2.22. The summed E-state index contributed by atoms with van der Waals surface area (Å²) >= 11 is 0. The average molecular weight is 284 g/mol. The van der Waals surface area contributed by atoms with E-state index >= 15 is 0 Å². The normalized spacial score (nSPS) is 20.8. The molecule has 1 fully saturated rings. The molecule has 1 aliphatic rings. The van der Waals surface area contributed by atoms with E-state index in [9.17, 15) is 8.42 Å². The van der Waals surface area contributed by atoms with Crippen LogP contribution in [0.15, 0.2) is 29.2 Å². The van der Waals surface area contributed by atoms with E-state index in [1.807, 2.05) is 12.1 Å². The van der Waals surface area contributed by atoms with Gasteiger partial charge in [-0.3, -0.25) is 0 Å². The summed E-state index contributed by atoms with van der Waals surface area (Å²) in [6, 6.07) is 6.95. The number of hydrogen-bond acceptors (Lipinski definition) is 4. The molecule has 1 aromatic carbocycles. The molecule has 5 nitrogen and oxygen atoms in total. The van der Waals surface area contributed by atoms with Gasteiger partial charge in [0.15, 0.2) is 0 Å². The summed E-state index contributed by atoms with van der Waals surface area (Å²) in [5, 5.41) is 0. The molecular weight excluding hydrogens is 264 g/mol. The third kappa shape index (κ3) is 3.14. The maximum absolute atomic E-state index is 12.4. The summed E-state index contributed by atoms with van der Waals surface area (Å²) in [6.45, 7) is 1.52. The highest BCUT2D eigenvalue weighted by Gasteiger charge is 2.32. The fourth-order valence-electron chi connectivity index (χ4n) is 2.25. The van der Waals surface area contributed by atoms with Crippen molar-refractivity contribution in [1.82, 2.24) is 4.31 Å². The molecule has 1 saturated heterocycles. The van der Waals surface area contributed by atoms with Gasteiger partial charge in [-0.15, -0.1) is 0 Å². The van der Waals surface area contributed by atoms with Crippen LogP contribution in [0.3, 0.4) is 0 Å².